The number of rotatable bonds is 7. The molecule has 0 radical (unpaired) electrons. The standard InChI is InChI=1S/C52H43NSi/c1-36-24-26-40(27-25-36)53(41-28-31-43(32-29-41)54(2,3)4)42-30-33-46-49(34-42)44-22-14-15-23-45(44)51-48(38-18-10-6-11-19-38)35-47(37-16-8-5-9-17-37)50(52(46)51)39-20-12-7-13-21-39/h5-35H,1-4H3. The summed E-state index contributed by atoms with van der Waals surface area (Å²) in [5.41, 5.74) is 12.1. The van der Waals surface area contributed by atoms with E-state index in [1.165, 1.54) is 76.4 Å². The average molecular weight is 710 g/mol. The van der Waals surface area contributed by atoms with Gasteiger partial charge in [0.2, 0.25) is 0 Å². The lowest BCUT2D eigenvalue weighted by Gasteiger charge is -2.28. The minimum Gasteiger partial charge on any atom is -0.310 e. The van der Waals surface area contributed by atoms with Crippen LogP contribution >= 0.6 is 0 Å². The number of hydrogen-bond donors (Lipinski definition) is 0. The van der Waals surface area contributed by atoms with Crippen LogP contribution < -0.4 is 10.1 Å². The summed E-state index contributed by atoms with van der Waals surface area (Å²) in [7, 11) is -1.46. The Morgan fingerprint density at radius 2 is 0.852 bits per heavy atom. The molecule has 0 aliphatic carbocycles. The van der Waals surface area contributed by atoms with E-state index >= 15 is 0 Å². The van der Waals surface area contributed by atoms with E-state index in [4.69, 9.17) is 0 Å². The van der Waals surface area contributed by atoms with Crippen LogP contribution in [0.2, 0.25) is 19.6 Å². The smallest absolute Gasteiger partial charge is 0.0775 e. The van der Waals surface area contributed by atoms with Crippen LogP contribution in [0.4, 0.5) is 17.1 Å². The van der Waals surface area contributed by atoms with Crippen molar-refractivity contribution in [2.75, 3.05) is 4.90 Å². The van der Waals surface area contributed by atoms with Gasteiger partial charge in [-0.15, -0.1) is 0 Å². The maximum Gasteiger partial charge on any atom is 0.0775 e. The van der Waals surface area contributed by atoms with Crippen molar-refractivity contribution < 1.29 is 0 Å². The van der Waals surface area contributed by atoms with E-state index in [-0.39, 0.29) is 0 Å². The summed E-state index contributed by atoms with van der Waals surface area (Å²) in [6.07, 6.45) is 0. The molecule has 0 aromatic heterocycles. The Morgan fingerprint density at radius 1 is 0.370 bits per heavy atom. The molecule has 0 spiro atoms. The van der Waals surface area contributed by atoms with Gasteiger partial charge >= 0.3 is 0 Å². The zero-order chi connectivity index (χ0) is 36.8. The van der Waals surface area contributed by atoms with Gasteiger partial charge in [0.15, 0.2) is 0 Å². The third-order valence-corrected chi connectivity index (χ3v) is 12.9. The maximum absolute atomic E-state index is 2.44. The number of nitrogens with zero attached hydrogens (tertiary/aromatic N) is 1. The normalized spacial score (nSPS) is 11.7. The van der Waals surface area contributed by atoms with Gasteiger partial charge in [-0.1, -0.05) is 176 Å². The molecule has 2 heteroatoms. The topological polar surface area (TPSA) is 3.24 Å². The number of anilines is 3. The zero-order valence-electron chi connectivity index (χ0n) is 31.3. The Morgan fingerprint density at radius 3 is 1.44 bits per heavy atom. The quantitative estimate of drug-likeness (QED) is 0.118. The second kappa shape index (κ2) is 13.6. The average Bonchev–Trinajstić information content (AvgIpc) is 3.22. The van der Waals surface area contributed by atoms with Crippen molar-refractivity contribution in [1.29, 1.82) is 0 Å². The Balaban J connectivity index is 1.42. The Kier molecular flexibility index (Phi) is 8.49. The first kappa shape index (κ1) is 33.6. The largest absolute Gasteiger partial charge is 0.310 e. The lowest BCUT2D eigenvalue weighted by atomic mass is 9.81. The van der Waals surface area contributed by atoms with Gasteiger partial charge in [0.25, 0.3) is 0 Å². The van der Waals surface area contributed by atoms with E-state index in [0.29, 0.717) is 0 Å². The number of aryl methyl sites for hydroxylation is 1. The third kappa shape index (κ3) is 5.99. The van der Waals surface area contributed by atoms with Gasteiger partial charge in [0.05, 0.1) is 8.07 Å². The van der Waals surface area contributed by atoms with Gasteiger partial charge in [-0.3, -0.25) is 0 Å². The van der Waals surface area contributed by atoms with Gasteiger partial charge in [0, 0.05) is 17.1 Å². The molecule has 0 fully saturated rings. The Labute approximate surface area is 319 Å². The predicted octanol–water partition coefficient (Wildman–Crippen LogP) is 14.5. The minimum absolute atomic E-state index is 1.14. The first-order valence-corrected chi connectivity index (χ1v) is 22.4. The highest BCUT2D eigenvalue weighted by Crippen LogP contribution is 2.50. The summed E-state index contributed by atoms with van der Waals surface area (Å²) >= 11 is 0. The molecule has 0 heterocycles. The van der Waals surface area contributed by atoms with E-state index in [1.807, 2.05) is 0 Å². The molecule has 0 aliphatic heterocycles. The fourth-order valence-corrected chi connectivity index (χ4v) is 9.29. The molecule has 0 unspecified atom stereocenters. The summed E-state index contributed by atoms with van der Waals surface area (Å²) < 4.78 is 0. The van der Waals surface area contributed by atoms with Crippen LogP contribution in [0.1, 0.15) is 5.56 Å². The van der Waals surface area contributed by atoms with E-state index in [1.54, 1.807) is 0 Å². The van der Waals surface area contributed by atoms with Crippen molar-refractivity contribution in [1.82, 2.24) is 0 Å². The Hall–Kier alpha value is -6.22. The van der Waals surface area contributed by atoms with Crippen molar-refractivity contribution in [2.45, 2.75) is 26.6 Å². The first-order chi connectivity index (χ1) is 26.3. The van der Waals surface area contributed by atoms with Crippen LogP contribution in [-0.4, -0.2) is 8.07 Å². The zero-order valence-corrected chi connectivity index (χ0v) is 32.3. The molecule has 0 amide bonds. The van der Waals surface area contributed by atoms with Crippen LogP contribution in [0.3, 0.4) is 0 Å². The SMILES string of the molecule is Cc1ccc(N(c2ccc([Si](C)(C)C)cc2)c2ccc3c(c2)c2ccccc2c2c(-c4ccccc4)cc(-c4ccccc4)c(-c4ccccc4)c32)cc1. The molecule has 0 saturated carbocycles. The summed E-state index contributed by atoms with van der Waals surface area (Å²) in [5.74, 6) is 0. The van der Waals surface area contributed by atoms with Gasteiger partial charge < -0.3 is 4.90 Å². The van der Waals surface area contributed by atoms with Gasteiger partial charge in [-0.05, 0) is 115 Å². The van der Waals surface area contributed by atoms with Gasteiger partial charge in [-0.2, -0.15) is 0 Å². The van der Waals surface area contributed by atoms with E-state index < -0.39 is 8.07 Å². The molecular formula is C52H43NSi. The number of fused-ring (bicyclic) bond motifs is 6. The monoisotopic (exact) mass is 709 g/mol. The molecule has 9 aromatic rings. The highest BCUT2D eigenvalue weighted by molar-refractivity contribution is 6.88. The highest BCUT2D eigenvalue weighted by atomic mass is 28.3. The lowest BCUT2D eigenvalue weighted by molar-refractivity contribution is 1.28. The number of benzene rings is 9. The molecule has 0 bridgehead atoms. The summed E-state index contributed by atoms with van der Waals surface area (Å²) in [5, 5.41) is 9.03. The molecule has 0 atom stereocenters. The summed E-state index contributed by atoms with van der Waals surface area (Å²) in [6.45, 7) is 9.39. The van der Waals surface area contributed by atoms with E-state index in [9.17, 15) is 0 Å². The third-order valence-electron chi connectivity index (χ3n) is 10.9. The van der Waals surface area contributed by atoms with Crippen molar-refractivity contribution in [3.63, 3.8) is 0 Å². The molecule has 54 heavy (non-hydrogen) atoms. The fourth-order valence-electron chi connectivity index (χ4n) is 8.13. The molecule has 1 nitrogen and oxygen atoms in total. The Bertz CT molecular complexity index is 2760. The van der Waals surface area contributed by atoms with Crippen molar-refractivity contribution in [3.05, 3.63) is 194 Å². The van der Waals surface area contributed by atoms with Crippen molar-refractivity contribution >= 4 is 62.6 Å². The fraction of sp³-hybridized carbons (Fsp3) is 0.0769. The van der Waals surface area contributed by atoms with Crippen LogP contribution in [-0.2, 0) is 0 Å². The van der Waals surface area contributed by atoms with Crippen LogP contribution in [0.15, 0.2) is 188 Å². The van der Waals surface area contributed by atoms with E-state index in [0.717, 1.165) is 17.1 Å². The second-order valence-electron chi connectivity index (χ2n) is 15.4. The molecule has 9 aromatic carbocycles. The molecule has 0 saturated heterocycles. The van der Waals surface area contributed by atoms with Crippen LogP contribution in [0.5, 0.6) is 0 Å². The summed E-state index contributed by atoms with van der Waals surface area (Å²) in [4.78, 5) is 2.42. The molecule has 260 valence electrons. The predicted molar refractivity (Wildman–Crippen MR) is 238 cm³/mol. The van der Waals surface area contributed by atoms with Crippen molar-refractivity contribution in [3.8, 4) is 33.4 Å². The van der Waals surface area contributed by atoms with E-state index in [2.05, 4.69) is 220 Å². The molecular weight excluding hydrogens is 667 g/mol. The molecule has 0 N–H and O–H groups in total. The van der Waals surface area contributed by atoms with Crippen LogP contribution in [0.25, 0.3) is 65.7 Å². The van der Waals surface area contributed by atoms with Crippen molar-refractivity contribution in [2.24, 2.45) is 0 Å². The summed E-state index contributed by atoms with van der Waals surface area (Å²) in [6, 6.07) is 69.6. The minimum atomic E-state index is -1.46. The second-order valence-corrected chi connectivity index (χ2v) is 20.5. The lowest BCUT2D eigenvalue weighted by Crippen LogP contribution is -2.37. The van der Waals surface area contributed by atoms with Crippen LogP contribution in [0, 0.1) is 6.92 Å². The van der Waals surface area contributed by atoms with Gasteiger partial charge in [0.1, 0.15) is 0 Å². The number of hydrogen-bond acceptors (Lipinski definition) is 1. The first-order valence-electron chi connectivity index (χ1n) is 18.9. The maximum atomic E-state index is 2.44. The van der Waals surface area contributed by atoms with Gasteiger partial charge in [-0.25, -0.2) is 0 Å². The molecule has 0 aliphatic rings. The highest BCUT2D eigenvalue weighted by Gasteiger charge is 2.23. The molecule has 9 rings (SSSR count).